The fourth-order valence-corrected chi connectivity index (χ4v) is 3.27. The number of carboxylic acid groups (broad SMARTS) is 1. The van der Waals surface area contributed by atoms with Crippen molar-refractivity contribution >= 4 is 40.3 Å². The maximum Gasteiger partial charge on any atom is 0.321 e. The van der Waals surface area contributed by atoms with E-state index in [1.54, 1.807) is 11.8 Å². The van der Waals surface area contributed by atoms with Crippen LogP contribution in [-0.2, 0) is 4.79 Å². The molecule has 0 saturated carbocycles. The zero-order valence-electron chi connectivity index (χ0n) is 7.81. The molecule has 2 N–H and O–H groups in total. The standard InChI is InChI=1S/C10H10INO2S/c11-7-3-1-2-6(4-7)9-12-8(5-15-9)10(13)14/h1-4,8-9,12H,5H2,(H,13,14)/t8-,9?/m1/s1. The van der Waals surface area contributed by atoms with Gasteiger partial charge >= 0.3 is 5.97 Å². The van der Waals surface area contributed by atoms with Gasteiger partial charge in [0.2, 0.25) is 0 Å². The van der Waals surface area contributed by atoms with E-state index in [0.29, 0.717) is 5.75 Å². The molecule has 1 aromatic rings. The second kappa shape index (κ2) is 4.71. The molecule has 1 saturated heterocycles. The van der Waals surface area contributed by atoms with Crippen LogP contribution in [0.4, 0.5) is 0 Å². The molecule has 0 radical (unpaired) electrons. The van der Waals surface area contributed by atoms with Crippen LogP contribution in [0.2, 0.25) is 0 Å². The number of benzene rings is 1. The van der Waals surface area contributed by atoms with Gasteiger partial charge in [0.25, 0.3) is 0 Å². The fourth-order valence-electron chi connectivity index (χ4n) is 1.48. The molecule has 0 spiro atoms. The van der Waals surface area contributed by atoms with Gasteiger partial charge in [-0.3, -0.25) is 10.1 Å². The summed E-state index contributed by atoms with van der Waals surface area (Å²) in [5.74, 6) is -0.138. The van der Waals surface area contributed by atoms with Crippen LogP contribution >= 0.6 is 34.4 Å². The molecule has 0 amide bonds. The van der Waals surface area contributed by atoms with Crippen LogP contribution in [0.1, 0.15) is 10.9 Å². The maximum absolute atomic E-state index is 10.8. The molecule has 80 valence electrons. The van der Waals surface area contributed by atoms with Crippen LogP contribution < -0.4 is 5.32 Å². The van der Waals surface area contributed by atoms with Crippen molar-refractivity contribution in [1.82, 2.24) is 5.32 Å². The molecule has 5 heteroatoms. The molecule has 2 atom stereocenters. The predicted octanol–water partition coefficient (Wildman–Crippen LogP) is 2.08. The average molecular weight is 335 g/mol. The summed E-state index contributed by atoms with van der Waals surface area (Å²) in [5, 5.41) is 12.1. The second-order valence-corrected chi connectivity index (χ2v) is 5.71. The topological polar surface area (TPSA) is 49.3 Å². The second-order valence-electron chi connectivity index (χ2n) is 3.33. The lowest BCUT2D eigenvalue weighted by Gasteiger charge is -2.11. The first-order valence-corrected chi connectivity index (χ1v) is 6.65. The van der Waals surface area contributed by atoms with Crippen molar-refractivity contribution in [3.05, 3.63) is 33.4 Å². The smallest absolute Gasteiger partial charge is 0.321 e. The Balaban J connectivity index is 2.11. The highest BCUT2D eigenvalue weighted by molar-refractivity contribution is 14.1. The van der Waals surface area contributed by atoms with Crippen LogP contribution in [-0.4, -0.2) is 22.9 Å². The lowest BCUT2D eigenvalue weighted by atomic mass is 10.2. The average Bonchev–Trinajstić information content (AvgIpc) is 2.66. The van der Waals surface area contributed by atoms with Crippen molar-refractivity contribution in [3.8, 4) is 0 Å². The van der Waals surface area contributed by atoms with Gasteiger partial charge in [-0.05, 0) is 40.3 Å². The summed E-state index contributed by atoms with van der Waals surface area (Å²) < 4.78 is 1.17. The van der Waals surface area contributed by atoms with Crippen LogP contribution in [0.15, 0.2) is 24.3 Å². The minimum absolute atomic E-state index is 0.112. The summed E-state index contributed by atoms with van der Waals surface area (Å²) >= 11 is 3.90. The number of hydrogen-bond donors (Lipinski definition) is 2. The van der Waals surface area contributed by atoms with E-state index in [0.717, 1.165) is 5.56 Å². The molecule has 1 aliphatic rings. The summed E-state index contributed by atoms with van der Waals surface area (Å²) in [6, 6.07) is 7.70. The van der Waals surface area contributed by atoms with Gasteiger partial charge in [0.1, 0.15) is 6.04 Å². The Kier molecular flexibility index (Phi) is 3.53. The van der Waals surface area contributed by atoms with Crippen molar-refractivity contribution < 1.29 is 9.90 Å². The molecule has 15 heavy (non-hydrogen) atoms. The molecule has 1 aliphatic heterocycles. The summed E-state index contributed by atoms with van der Waals surface area (Å²) in [5.41, 5.74) is 1.15. The van der Waals surface area contributed by atoms with Crippen LogP contribution in [0.25, 0.3) is 0 Å². The number of thioether (sulfide) groups is 1. The number of aliphatic carboxylic acids is 1. The molecule has 2 rings (SSSR count). The molecule has 3 nitrogen and oxygen atoms in total. The Labute approximate surface area is 106 Å². The first-order chi connectivity index (χ1) is 7.16. The normalized spacial score (nSPS) is 25.4. The molecule has 0 bridgehead atoms. The molecular formula is C10H10INO2S. The van der Waals surface area contributed by atoms with E-state index in [9.17, 15) is 4.79 Å². The van der Waals surface area contributed by atoms with Gasteiger partial charge in [-0.2, -0.15) is 0 Å². The Bertz CT molecular complexity index is 385. The lowest BCUT2D eigenvalue weighted by molar-refractivity contribution is -0.138. The molecule has 1 heterocycles. The molecule has 1 fully saturated rings. The van der Waals surface area contributed by atoms with E-state index in [2.05, 4.69) is 34.0 Å². The minimum Gasteiger partial charge on any atom is -0.480 e. The highest BCUT2D eigenvalue weighted by Gasteiger charge is 2.30. The van der Waals surface area contributed by atoms with Crippen LogP contribution in [0, 0.1) is 3.57 Å². The number of carbonyl (C=O) groups is 1. The third kappa shape index (κ3) is 2.64. The van der Waals surface area contributed by atoms with E-state index in [1.807, 2.05) is 18.2 Å². The van der Waals surface area contributed by atoms with Crippen molar-refractivity contribution in [2.24, 2.45) is 0 Å². The van der Waals surface area contributed by atoms with Gasteiger partial charge < -0.3 is 5.11 Å². The molecule has 1 aromatic carbocycles. The zero-order valence-corrected chi connectivity index (χ0v) is 10.8. The SMILES string of the molecule is O=C(O)[C@H]1CSC(c2cccc(I)c2)N1. The van der Waals surface area contributed by atoms with Crippen molar-refractivity contribution in [2.45, 2.75) is 11.4 Å². The molecule has 0 aromatic heterocycles. The van der Waals surface area contributed by atoms with E-state index in [4.69, 9.17) is 5.11 Å². The highest BCUT2D eigenvalue weighted by atomic mass is 127. The number of carboxylic acids is 1. The van der Waals surface area contributed by atoms with E-state index in [1.165, 1.54) is 3.57 Å². The van der Waals surface area contributed by atoms with Gasteiger partial charge in [0, 0.05) is 9.32 Å². The van der Waals surface area contributed by atoms with Gasteiger partial charge in [-0.1, -0.05) is 12.1 Å². The Morgan fingerprint density at radius 1 is 1.60 bits per heavy atom. The molecule has 0 aliphatic carbocycles. The predicted molar refractivity (Wildman–Crippen MR) is 68.9 cm³/mol. The maximum atomic E-state index is 10.8. The lowest BCUT2D eigenvalue weighted by Crippen LogP contribution is -2.33. The summed E-state index contributed by atoms with van der Waals surface area (Å²) in [6.07, 6.45) is 0. The summed E-state index contributed by atoms with van der Waals surface area (Å²) in [7, 11) is 0. The van der Waals surface area contributed by atoms with Crippen LogP contribution in [0.5, 0.6) is 0 Å². The van der Waals surface area contributed by atoms with Crippen molar-refractivity contribution in [2.75, 3.05) is 5.75 Å². The monoisotopic (exact) mass is 335 g/mol. The van der Waals surface area contributed by atoms with Crippen molar-refractivity contribution in [3.63, 3.8) is 0 Å². The number of nitrogens with one attached hydrogen (secondary N) is 1. The van der Waals surface area contributed by atoms with Gasteiger partial charge in [-0.25, -0.2) is 0 Å². The minimum atomic E-state index is -0.768. The van der Waals surface area contributed by atoms with Gasteiger partial charge in [-0.15, -0.1) is 11.8 Å². The third-order valence-electron chi connectivity index (χ3n) is 2.23. The zero-order chi connectivity index (χ0) is 10.8. The third-order valence-corrected chi connectivity index (χ3v) is 4.17. The Morgan fingerprint density at radius 3 is 3.00 bits per heavy atom. The van der Waals surface area contributed by atoms with Gasteiger partial charge in [0.05, 0.1) is 5.37 Å². The molecule has 1 unspecified atom stereocenters. The van der Waals surface area contributed by atoms with Crippen LogP contribution in [0.3, 0.4) is 0 Å². The number of halogens is 1. The van der Waals surface area contributed by atoms with Gasteiger partial charge in [0.15, 0.2) is 0 Å². The summed E-state index contributed by atoms with van der Waals surface area (Å²) in [4.78, 5) is 10.8. The van der Waals surface area contributed by atoms with Crippen molar-refractivity contribution in [1.29, 1.82) is 0 Å². The first-order valence-electron chi connectivity index (χ1n) is 4.53. The fraction of sp³-hybridized carbons (Fsp3) is 0.300. The molecular weight excluding hydrogens is 325 g/mol. The Hall–Kier alpha value is -0.270. The first kappa shape index (κ1) is 11.2. The number of rotatable bonds is 2. The van der Waals surface area contributed by atoms with E-state index >= 15 is 0 Å². The quantitative estimate of drug-likeness (QED) is 0.813. The van der Waals surface area contributed by atoms with E-state index in [-0.39, 0.29) is 5.37 Å². The highest BCUT2D eigenvalue weighted by Crippen LogP contribution is 2.33. The van der Waals surface area contributed by atoms with E-state index < -0.39 is 12.0 Å². The number of hydrogen-bond acceptors (Lipinski definition) is 3. The largest absolute Gasteiger partial charge is 0.480 e. The Morgan fingerprint density at radius 2 is 2.40 bits per heavy atom. The summed E-state index contributed by atoms with van der Waals surface area (Å²) in [6.45, 7) is 0.